The van der Waals surface area contributed by atoms with Crippen LogP contribution < -0.4 is 11.1 Å². The summed E-state index contributed by atoms with van der Waals surface area (Å²) in [5, 5.41) is 12.4. The quantitative estimate of drug-likeness (QED) is 0.693. The van der Waals surface area contributed by atoms with Gasteiger partial charge in [-0.05, 0) is 32.2 Å². The molecule has 0 saturated heterocycles. The molecule has 6 heteroatoms. The van der Waals surface area contributed by atoms with Crippen molar-refractivity contribution in [2.24, 2.45) is 0 Å². The molecular formula is C13H20ClN3O2. The molecule has 0 aliphatic rings. The van der Waals surface area contributed by atoms with Gasteiger partial charge in [0.1, 0.15) is 0 Å². The zero-order valence-electron chi connectivity index (χ0n) is 11.2. The highest BCUT2D eigenvalue weighted by atomic mass is 35.5. The minimum atomic E-state index is -0.399. The summed E-state index contributed by atoms with van der Waals surface area (Å²) in [7, 11) is 1.86. The molecule has 1 rings (SSSR count). The molecule has 0 radical (unpaired) electrons. The summed E-state index contributed by atoms with van der Waals surface area (Å²) < 4.78 is 0. The Hall–Kier alpha value is -1.30. The Kier molecular flexibility index (Phi) is 6.08. The molecule has 0 aromatic heterocycles. The van der Waals surface area contributed by atoms with Gasteiger partial charge in [0.05, 0.1) is 16.8 Å². The number of aliphatic hydroxyl groups is 1. The molecule has 0 saturated carbocycles. The van der Waals surface area contributed by atoms with Crippen LogP contribution in [0.2, 0.25) is 5.02 Å². The van der Waals surface area contributed by atoms with Gasteiger partial charge in [-0.2, -0.15) is 0 Å². The maximum absolute atomic E-state index is 11.7. The molecule has 1 aromatic rings. The van der Waals surface area contributed by atoms with Crippen LogP contribution in [0.1, 0.15) is 13.3 Å². The number of anilines is 2. The fourth-order valence-corrected chi connectivity index (χ4v) is 1.80. The molecule has 0 fully saturated rings. The van der Waals surface area contributed by atoms with Crippen LogP contribution in [-0.2, 0) is 4.79 Å². The fourth-order valence-electron chi connectivity index (χ4n) is 1.68. The summed E-state index contributed by atoms with van der Waals surface area (Å²) in [5.74, 6) is -0.0980. The zero-order chi connectivity index (χ0) is 14.4. The van der Waals surface area contributed by atoms with Crippen molar-refractivity contribution >= 4 is 28.9 Å². The number of likely N-dealkylation sites (N-methyl/N-ethyl adjacent to an activating group) is 1. The molecule has 1 unspecified atom stereocenters. The van der Waals surface area contributed by atoms with E-state index >= 15 is 0 Å². The van der Waals surface area contributed by atoms with Gasteiger partial charge in [-0.3, -0.25) is 4.79 Å². The predicted molar refractivity (Wildman–Crippen MR) is 78.3 cm³/mol. The van der Waals surface area contributed by atoms with Gasteiger partial charge in [-0.1, -0.05) is 11.6 Å². The van der Waals surface area contributed by atoms with E-state index in [1.807, 2.05) is 11.9 Å². The Labute approximate surface area is 118 Å². The van der Waals surface area contributed by atoms with E-state index in [-0.39, 0.29) is 5.91 Å². The lowest BCUT2D eigenvalue weighted by atomic mass is 10.2. The number of amides is 1. The van der Waals surface area contributed by atoms with E-state index in [0.29, 0.717) is 35.9 Å². The topological polar surface area (TPSA) is 78.6 Å². The maximum atomic E-state index is 11.7. The van der Waals surface area contributed by atoms with Crippen LogP contribution in [0.25, 0.3) is 0 Å². The molecule has 1 amide bonds. The van der Waals surface area contributed by atoms with Gasteiger partial charge in [-0.15, -0.1) is 0 Å². The number of nitrogens with zero attached hydrogens (tertiary/aromatic N) is 1. The molecule has 0 heterocycles. The second-order valence-electron chi connectivity index (χ2n) is 4.65. The highest BCUT2D eigenvalue weighted by molar-refractivity contribution is 6.33. The molecule has 106 valence electrons. The fraction of sp³-hybridized carbons (Fsp3) is 0.462. The average Bonchev–Trinajstić information content (AvgIpc) is 2.30. The minimum absolute atomic E-state index is 0.0980. The van der Waals surface area contributed by atoms with Crippen molar-refractivity contribution in [1.29, 1.82) is 0 Å². The van der Waals surface area contributed by atoms with Gasteiger partial charge in [0.15, 0.2) is 0 Å². The van der Waals surface area contributed by atoms with Crippen molar-refractivity contribution in [3.05, 3.63) is 23.2 Å². The molecule has 5 nitrogen and oxygen atoms in total. The first-order valence-corrected chi connectivity index (χ1v) is 6.47. The molecule has 19 heavy (non-hydrogen) atoms. The number of halogens is 1. The highest BCUT2D eigenvalue weighted by Gasteiger charge is 2.07. The van der Waals surface area contributed by atoms with Crippen molar-refractivity contribution in [2.75, 3.05) is 31.2 Å². The molecule has 0 spiro atoms. The Balaban J connectivity index is 2.40. The van der Waals surface area contributed by atoms with Crippen LogP contribution in [-0.4, -0.2) is 42.2 Å². The number of nitrogens with one attached hydrogen (secondary N) is 1. The number of carbonyl (C=O) groups is 1. The first-order chi connectivity index (χ1) is 8.88. The number of rotatable bonds is 6. The normalized spacial score (nSPS) is 12.5. The van der Waals surface area contributed by atoms with E-state index in [1.54, 1.807) is 25.1 Å². The number of hydrogen-bond donors (Lipinski definition) is 3. The number of hydrogen-bond acceptors (Lipinski definition) is 4. The van der Waals surface area contributed by atoms with E-state index in [1.165, 1.54) is 0 Å². The third kappa shape index (κ3) is 5.92. The number of nitrogens with two attached hydrogens (primary N) is 1. The monoisotopic (exact) mass is 285 g/mol. The Morgan fingerprint density at radius 2 is 2.26 bits per heavy atom. The lowest BCUT2D eigenvalue weighted by Gasteiger charge is -2.17. The summed E-state index contributed by atoms with van der Waals surface area (Å²) in [6.07, 6.45) is -0.0460. The van der Waals surface area contributed by atoms with Crippen LogP contribution in [0.3, 0.4) is 0 Å². The van der Waals surface area contributed by atoms with Gasteiger partial charge in [0, 0.05) is 25.2 Å². The number of carbonyl (C=O) groups excluding carboxylic acids is 1. The largest absolute Gasteiger partial charge is 0.397 e. The van der Waals surface area contributed by atoms with E-state index in [2.05, 4.69) is 5.32 Å². The summed E-state index contributed by atoms with van der Waals surface area (Å²) in [4.78, 5) is 13.6. The minimum Gasteiger partial charge on any atom is -0.397 e. The summed E-state index contributed by atoms with van der Waals surface area (Å²) in [6.45, 7) is 2.84. The molecule has 1 atom stereocenters. The average molecular weight is 286 g/mol. The summed E-state index contributed by atoms with van der Waals surface area (Å²) in [6, 6.07) is 4.97. The Bertz CT molecular complexity index is 438. The molecule has 0 aliphatic heterocycles. The van der Waals surface area contributed by atoms with E-state index < -0.39 is 6.10 Å². The second kappa shape index (κ2) is 7.33. The summed E-state index contributed by atoms with van der Waals surface area (Å²) in [5.41, 5.74) is 6.72. The standard InChI is InChI=1S/C13H20ClN3O2/c1-9(18)8-17(2)6-5-13(19)16-10-3-4-11(14)12(15)7-10/h3-4,7,9,18H,5-6,8,15H2,1-2H3,(H,16,19). The Morgan fingerprint density at radius 3 is 2.84 bits per heavy atom. The van der Waals surface area contributed by atoms with Crippen molar-refractivity contribution in [3.63, 3.8) is 0 Å². The van der Waals surface area contributed by atoms with Crippen LogP contribution >= 0.6 is 11.6 Å². The van der Waals surface area contributed by atoms with Gasteiger partial charge in [0.25, 0.3) is 0 Å². The number of nitrogen functional groups attached to an aromatic ring is 1. The maximum Gasteiger partial charge on any atom is 0.225 e. The number of aliphatic hydroxyl groups excluding tert-OH is 1. The molecule has 4 N–H and O–H groups in total. The smallest absolute Gasteiger partial charge is 0.225 e. The van der Waals surface area contributed by atoms with Crippen LogP contribution in [0.5, 0.6) is 0 Å². The predicted octanol–water partition coefficient (Wildman–Crippen LogP) is 1.56. The molecular weight excluding hydrogens is 266 g/mol. The van der Waals surface area contributed by atoms with E-state index in [9.17, 15) is 9.90 Å². The van der Waals surface area contributed by atoms with Crippen LogP contribution in [0.15, 0.2) is 18.2 Å². The van der Waals surface area contributed by atoms with Gasteiger partial charge in [0.2, 0.25) is 5.91 Å². The van der Waals surface area contributed by atoms with Crippen molar-refractivity contribution in [1.82, 2.24) is 4.90 Å². The molecule has 0 aliphatic carbocycles. The Morgan fingerprint density at radius 1 is 1.58 bits per heavy atom. The second-order valence-corrected chi connectivity index (χ2v) is 5.05. The van der Waals surface area contributed by atoms with Gasteiger partial charge < -0.3 is 21.1 Å². The van der Waals surface area contributed by atoms with Crippen molar-refractivity contribution in [3.8, 4) is 0 Å². The first kappa shape index (κ1) is 15.8. The third-order valence-corrected chi connectivity index (χ3v) is 2.92. The zero-order valence-corrected chi connectivity index (χ0v) is 11.9. The first-order valence-electron chi connectivity index (χ1n) is 6.10. The lowest BCUT2D eigenvalue weighted by molar-refractivity contribution is -0.116. The van der Waals surface area contributed by atoms with Gasteiger partial charge >= 0.3 is 0 Å². The van der Waals surface area contributed by atoms with Gasteiger partial charge in [-0.25, -0.2) is 0 Å². The lowest BCUT2D eigenvalue weighted by Crippen LogP contribution is -2.30. The van der Waals surface area contributed by atoms with Crippen LogP contribution in [0, 0.1) is 0 Å². The molecule has 1 aromatic carbocycles. The van der Waals surface area contributed by atoms with E-state index in [4.69, 9.17) is 17.3 Å². The molecule has 0 bridgehead atoms. The van der Waals surface area contributed by atoms with Crippen LogP contribution in [0.4, 0.5) is 11.4 Å². The van der Waals surface area contributed by atoms with E-state index in [0.717, 1.165) is 0 Å². The van der Waals surface area contributed by atoms with Crippen molar-refractivity contribution in [2.45, 2.75) is 19.4 Å². The SMILES string of the molecule is CC(O)CN(C)CCC(=O)Nc1ccc(Cl)c(N)c1. The highest BCUT2D eigenvalue weighted by Crippen LogP contribution is 2.22. The summed E-state index contributed by atoms with van der Waals surface area (Å²) >= 11 is 5.80. The van der Waals surface area contributed by atoms with Crippen molar-refractivity contribution < 1.29 is 9.90 Å². The number of benzene rings is 1. The third-order valence-electron chi connectivity index (χ3n) is 2.58.